The lowest BCUT2D eigenvalue weighted by molar-refractivity contribution is 0.0561. The summed E-state index contributed by atoms with van der Waals surface area (Å²) in [5, 5.41) is 22.0. The smallest absolute Gasteiger partial charge is 0.130 e. The Hall–Kier alpha value is -2.65. The third-order valence-corrected chi connectivity index (χ3v) is 5.70. The van der Waals surface area contributed by atoms with Gasteiger partial charge < -0.3 is 10.0 Å². The van der Waals surface area contributed by atoms with Crippen LogP contribution in [0.15, 0.2) is 54.6 Å². The number of hydrogen-bond acceptors (Lipinski definition) is 5. The van der Waals surface area contributed by atoms with Crippen LogP contribution in [-0.4, -0.2) is 47.3 Å². The quantitative estimate of drug-likeness (QED) is 0.697. The summed E-state index contributed by atoms with van der Waals surface area (Å²) in [6, 6.07) is 19.7. The van der Waals surface area contributed by atoms with Crippen molar-refractivity contribution in [2.24, 2.45) is 0 Å². The highest BCUT2D eigenvalue weighted by Crippen LogP contribution is 2.28. The van der Waals surface area contributed by atoms with Gasteiger partial charge in [0.1, 0.15) is 5.82 Å². The molecular formula is C23H23ClN4O. The molecule has 29 heavy (non-hydrogen) atoms. The number of aromatic nitrogens is 1. The number of pyridine rings is 1. The topological polar surface area (TPSA) is 63.4 Å². The first-order valence-corrected chi connectivity index (χ1v) is 10.0. The van der Waals surface area contributed by atoms with Crippen molar-refractivity contribution in [2.45, 2.75) is 18.6 Å². The van der Waals surface area contributed by atoms with E-state index in [1.165, 1.54) is 5.56 Å². The van der Waals surface area contributed by atoms with Crippen molar-refractivity contribution in [3.63, 3.8) is 0 Å². The van der Waals surface area contributed by atoms with Gasteiger partial charge in [-0.25, -0.2) is 4.98 Å². The first-order chi connectivity index (χ1) is 14.0. The van der Waals surface area contributed by atoms with Crippen molar-refractivity contribution in [1.29, 1.82) is 5.26 Å². The molecule has 0 saturated carbocycles. The van der Waals surface area contributed by atoms with Crippen LogP contribution in [0.2, 0.25) is 5.02 Å². The lowest BCUT2D eigenvalue weighted by atomic mass is 10.0. The highest BCUT2D eigenvalue weighted by molar-refractivity contribution is 6.31. The second kappa shape index (κ2) is 8.00. The van der Waals surface area contributed by atoms with E-state index in [0.717, 1.165) is 24.0 Å². The van der Waals surface area contributed by atoms with Crippen LogP contribution < -0.4 is 4.90 Å². The molecule has 0 bridgehead atoms. The molecule has 1 saturated heterocycles. The van der Waals surface area contributed by atoms with E-state index in [9.17, 15) is 10.4 Å². The first-order valence-electron chi connectivity index (χ1n) is 9.66. The Labute approximate surface area is 175 Å². The molecule has 4 rings (SSSR count). The summed E-state index contributed by atoms with van der Waals surface area (Å²) in [5.74, 6) is 0.673. The maximum Gasteiger partial charge on any atom is 0.130 e. The maximum absolute atomic E-state index is 11.2. The van der Waals surface area contributed by atoms with Crippen LogP contribution in [0.25, 0.3) is 10.9 Å². The Balaban J connectivity index is 1.50. The fourth-order valence-corrected chi connectivity index (χ4v) is 4.21. The zero-order valence-electron chi connectivity index (χ0n) is 16.3. The molecule has 1 aliphatic heterocycles. The summed E-state index contributed by atoms with van der Waals surface area (Å²) in [7, 11) is 1.91. The number of fused-ring (bicyclic) bond motifs is 1. The third-order valence-electron chi connectivity index (χ3n) is 5.46. The van der Waals surface area contributed by atoms with Gasteiger partial charge in [0, 0.05) is 43.6 Å². The van der Waals surface area contributed by atoms with Crippen molar-refractivity contribution in [3.8, 4) is 6.07 Å². The van der Waals surface area contributed by atoms with Crippen LogP contribution >= 0.6 is 11.6 Å². The van der Waals surface area contributed by atoms with E-state index >= 15 is 0 Å². The summed E-state index contributed by atoms with van der Waals surface area (Å²) in [6.07, 6.45) is 0.707. The average Bonchev–Trinajstić information content (AvgIpc) is 3.07. The number of nitrogens with zero attached hydrogens (tertiary/aromatic N) is 4. The van der Waals surface area contributed by atoms with Crippen LogP contribution in [0, 0.1) is 11.3 Å². The van der Waals surface area contributed by atoms with Crippen molar-refractivity contribution >= 4 is 28.3 Å². The molecule has 1 N–H and O–H groups in total. The second-order valence-electron chi connectivity index (χ2n) is 7.83. The fourth-order valence-electron chi connectivity index (χ4n) is 4.04. The van der Waals surface area contributed by atoms with Crippen LogP contribution in [0.1, 0.15) is 17.5 Å². The fraction of sp³-hybridized carbons (Fsp3) is 0.304. The normalized spacial score (nSPS) is 19.4. The molecule has 1 aromatic heterocycles. The number of likely N-dealkylation sites (N-methyl/N-ethyl adjacent to an activating group) is 1. The predicted octanol–water partition coefficient (Wildman–Crippen LogP) is 3.83. The zero-order chi connectivity index (χ0) is 20.4. The van der Waals surface area contributed by atoms with Gasteiger partial charge in [0.2, 0.25) is 0 Å². The number of anilines is 1. The van der Waals surface area contributed by atoms with Crippen molar-refractivity contribution < 1.29 is 5.11 Å². The molecule has 1 fully saturated rings. The standard InChI is InChI=1S/C23H23ClN4O/c1-27(22-11-18(13-25)20-12-19(24)7-8-21(20)26-22)15-23(29)9-10-28(16-23)14-17-5-3-2-4-6-17/h2-8,11-12,29H,9-10,14-16H2,1H3. The lowest BCUT2D eigenvalue weighted by Crippen LogP contribution is -2.44. The van der Waals surface area contributed by atoms with Crippen LogP contribution in [0.5, 0.6) is 0 Å². The van der Waals surface area contributed by atoms with Gasteiger partial charge in [-0.1, -0.05) is 41.9 Å². The Morgan fingerprint density at radius 1 is 1.24 bits per heavy atom. The van der Waals surface area contributed by atoms with E-state index in [0.29, 0.717) is 35.9 Å². The van der Waals surface area contributed by atoms with Gasteiger partial charge in [0.05, 0.1) is 22.8 Å². The molecule has 1 atom stereocenters. The molecule has 0 spiro atoms. The molecule has 0 amide bonds. The Kier molecular flexibility index (Phi) is 5.42. The number of likely N-dealkylation sites (tertiary alicyclic amines) is 1. The van der Waals surface area contributed by atoms with Gasteiger partial charge in [-0.05, 0) is 36.2 Å². The van der Waals surface area contributed by atoms with Gasteiger partial charge in [-0.3, -0.25) is 4.90 Å². The van der Waals surface area contributed by atoms with E-state index in [1.807, 2.05) is 36.2 Å². The minimum Gasteiger partial charge on any atom is -0.387 e. The van der Waals surface area contributed by atoms with Crippen molar-refractivity contribution in [2.75, 3.05) is 31.6 Å². The summed E-state index contributed by atoms with van der Waals surface area (Å²) >= 11 is 6.07. The van der Waals surface area contributed by atoms with E-state index in [4.69, 9.17) is 11.6 Å². The zero-order valence-corrected chi connectivity index (χ0v) is 17.1. The number of hydrogen-bond donors (Lipinski definition) is 1. The highest BCUT2D eigenvalue weighted by Gasteiger charge is 2.37. The summed E-state index contributed by atoms with van der Waals surface area (Å²) in [5.41, 5.74) is 1.69. The molecule has 3 aromatic rings. The maximum atomic E-state index is 11.2. The molecule has 1 unspecified atom stereocenters. The number of benzene rings is 2. The summed E-state index contributed by atoms with van der Waals surface area (Å²) in [6.45, 7) is 2.75. The van der Waals surface area contributed by atoms with Crippen LogP contribution in [0.4, 0.5) is 5.82 Å². The largest absolute Gasteiger partial charge is 0.387 e. The predicted molar refractivity (Wildman–Crippen MR) is 116 cm³/mol. The molecule has 5 nitrogen and oxygen atoms in total. The van der Waals surface area contributed by atoms with E-state index in [1.54, 1.807) is 18.2 Å². The molecule has 2 aromatic carbocycles. The first kappa shape index (κ1) is 19.7. The average molecular weight is 407 g/mol. The molecule has 0 aliphatic carbocycles. The summed E-state index contributed by atoms with van der Waals surface area (Å²) in [4.78, 5) is 8.89. The Bertz CT molecular complexity index is 1070. The van der Waals surface area contributed by atoms with Gasteiger partial charge in [-0.2, -0.15) is 5.26 Å². The lowest BCUT2D eigenvalue weighted by Gasteiger charge is -2.30. The van der Waals surface area contributed by atoms with Gasteiger partial charge in [-0.15, -0.1) is 0 Å². The number of halogens is 1. The number of nitriles is 1. The van der Waals surface area contributed by atoms with Gasteiger partial charge >= 0.3 is 0 Å². The molecular weight excluding hydrogens is 384 g/mol. The second-order valence-corrected chi connectivity index (χ2v) is 8.26. The summed E-state index contributed by atoms with van der Waals surface area (Å²) < 4.78 is 0. The van der Waals surface area contributed by atoms with Crippen LogP contribution in [0.3, 0.4) is 0 Å². The third kappa shape index (κ3) is 4.35. The molecule has 2 heterocycles. The number of rotatable bonds is 5. The van der Waals surface area contributed by atoms with Gasteiger partial charge in [0.25, 0.3) is 0 Å². The highest BCUT2D eigenvalue weighted by atomic mass is 35.5. The Morgan fingerprint density at radius 2 is 2.03 bits per heavy atom. The monoisotopic (exact) mass is 406 g/mol. The van der Waals surface area contributed by atoms with E-state index in [-0.39, 0.29) is 0 Å². The van der Waals surface area contributed by atoms with E-state index in [2.05, 4.69) is 28.1 Å². The minimum absolute atomic E-state index is 0.454. The van der Waals surface area contributed by atoms with Gasteiger partial charge in [0.15, 0.2) is 0 Å². The van der Waals surface area contributed by atoms with E-state index < -0.39 is 5.60 Å². The molecule has 148 valence electrons. The van der Waals surface area contributed by atoms with Crippen LogP contribution in [-0.2, 0) is 6.54 Å². The number of β-amino-alcohol motifs (C(OH)–C–C–N with tert-alkyl or cyclic N) is 1. The van der Waals surface area contributed by atoms with Crippen molar-refractivity contribution in [1.82, 2.24) is 9.88 Å². The molecule has 6 heteroatoms. The molecule has 1 aliphatic rings. The Morgan fingerprint density at radius 3 is 2.79 bits per heavy atom. The minimum atomic E-state index is -0.813. The molecule has 0 radical (unpaired) electrons. The number of aliphatic hydroxyl groups is 1. The SMILES string of the molecule is CN(CC1(O)CCN(Cc2ccccc2)C1)c1cc(C#N)c2cc(Cl)ccc2n1. The van der Waals surface area contributed by atoms with Crippen molar-refractivity contribution in [3.05, 3.63) is 70.7 Å².